The van der Waals surface area contributed by atoms with E-state index < -0.39 is 12.1 Å². The van der Waals surface area contributed by atoms with Gasteiger partial charge in [-0.25, -0.2) is 4.79 Å². The zero-order valence-corrected chi connectivity index (χ0v) is 25.9. The van der Waals surface area contributed by atoms with Gasteiger partial charge in [0.1, 0.15) is 11.4 Å². The molecule has 0 amide bonds. The van der Waals surface area contributed by atoms with E-state index in [1.807, 2.05) is 19.1 Å². The maximum Gasteiger partial charge on any atom is 0.490 e. The number of carbonyl (C=O) groups is 1. The Morgan fingerprint density at radius 3 is 2.40 bits per heavy atom. The lowest BCUT2D eigenvalue weighted by Crippen LogP contribution is -2.43. The van der Waals surface area contributed by atoms with Crippen LogP contribution >= 0.6 is 11.6 Å². The molecule has 1 aromatic heterocycles. The molecule has 0 bridgehead atoms. The highest BCUT2D eigenvalue weighted by molar-refractivity contribution is 6.30. The van der Waals surface area contributed by atoms with Crippen LogP contribution in [-0.4, -0.2) is 75.4 Å². The molecule has 3 aromatic rings. The molecule has 2 N–H and O–H groups in total. The van der Waals surface area contributed by atoms with E-state index in [1.165, 1.54) is 38.9 Å². The summed E-state index contributed by atoms with van der Waals surface area (Å²) in [4.78, 5) is 16.8. The first-order chi connectivity index (χ1) is 21.6. The molecule has 12 heteroatoms. The highest BCUT2D eigenvalue weighted by Crippen LogP contribution is 2.51. The number of halogens is 4. The summed E-state index contributed by atoms with van der Waals surface area (Å²) in [5.41, 5.74) is 4.89. The van der Waals surface area contributed by atoms with E-state index in [0.29, 0.717) is 0 Å². The molecule has 2 aromatic carbocycles. The molecule has 1 spiro atoms. The lowest BCUT2D eigenvalue weighted by atomic mass is 9.98. The molecule has 238 valence electrons. The van der Waals surface area contributed by atoms with Crippen LogP contribution < -0.4 is 5.32 Å². The van der Waals surface area contributed by atoms with Crippen LogP contribution in [-0.2, 0) is 10.3 Å². The summed E-state index contributed by atoms with van der Waals surface area (Å²) in [6, 6.07) is 14.4. The van der Waals surface area contributed by atoms with Gasteiger partial charge in [-0.15, -0.1) is 10.2 Å². The van der Waals surface area contributed by atoms with Crippen LogP contribution in [0.25, 0.3) is 5.69 Å². The number of nitrogens with zero attached hydrogens (tertiary/aromatic N) is 5. The smallest absolute Gasteiger partial charge is 0.475 e. The van der Waals surface area contributed by atoms with Crippen molar-refractivity contribution in [2.75, 3.05) is 32.7 Å². The molecule has 45 heavy (non-hydrogen) atoms. The van der Waals surface area contributed by atoms with Crippen molar-refractivity contribution in [1.29, 1.82) is 0 Å². The number of carboxylic acid groups (broad SMARTS) is 1. The van der Waals surface area contributed by atoms with Crippen molar-refractivity contribution in [3.8, 4) is 17.5 Å². The normalized spacial score (nSPS) is 16.7. The van der Waals surface area contributed by atoms with E-state index in [9.17, 15) is 13.2 Å². The van der Waals surface area contributed by atoms with Gasteiger partial charge in [-0.1, -0.05) is 48.4 Å². The number of nitrogens with one attached hydrogen (secondary N) is 1. The number of aryl methyl sites for hydroxylation is 1. The van der Waals surface area contributed by atoms with Crippen molar-refractivity contribution in [2.45, 2.75) is 63.6 Å². The van der Waals surface area contributed by atoms with Gasteiger partial charge >= 0.3 is 12.1 Å². The fourth-order valence-electron chi connectivity index (χ4n) is 5.56. The van der Waals surface area contributed by atoms with Crippen LogP contribution in [0.1, 0.15) is 73.3 Å². The summed E-state index contributed by atoms with van der Waals surface area (Å²) in [5, 5.41) is 20.3. The molecule has 2 fully saturated rings. The highest BCUT2D eigenvalue weighted by atomic mass is 35.5. The van der Waals surface area contributed by atoms with Crippen molar-refractivity contribution in [3.63, 3.8) is 0 Å². The predicted molar refractivity (Wildman–Crippen MR) is 167 cm³/mol. The van der Waals surface area contributed by atoms with E-state index in [4.69, 9.17) is 26.5 Å². The van der Waals surface area contributed by atoms with Crippen LogP contribution in [0, 0.1) is 18.8 Å². The van der Waals surface area contributed by atoms with E-state index >= 15 is 0 Å². The third kappa shape index (κ3) is 8.12. The second-order valence-electron chi connectivity index (χ2n) is 11.5. The fourth-order valence-corrected chi connectivity index (χ4v) is 5.68. The number of hydrogen-bond donors (Lipinski definition) is 2. The van der Waals surface area contributed by atoms with Gasteiger partial charge in [-0.2, -0.15) is 13.2 Å². The Morgan fingerprint density at radius 2 is 1.73 bits per heavy atom. The molecule has 2 aliphatic heterocycles. The van der Waals surface area contributed by atoms with Gasteiger partial charge in [0, 0.05) is 54.3 Å². The van der Waals surface area contributed by atoms with Crippen LogP contribution in [0.2, 0.25) is 5.02 Å². The second-order valence-corrected chi connectivity index (χ2v) is 11.9. The molecule has 6 rings (SSSR count). The van der Waals surface area contributed by atoms with Gasteiger partial charge in [0.15, 0.2) is 5.82 Å². The Hall–Kier alpha value is -3.72. The van der Waals surface area contributed by atoms with Crippen LogP contribution in [0.3, 0.4) is 0 Å². The van der Waals surface area contributed by atoms with Crippen LogP contribution in [0.15, 0.2) is 47.5 Å². The van der Waals surface area contributed by atoms with Gasteiger partial charge < -0.3 is 15.3 Å². The summed E-state index contributed by atoms with van der Waals surface area (Å²) >= 11 is 6.21. The number of aromatic nitrogens is 3. The number of hydrogen-bond acceptors (Lipinski definition) is 6. The SMILES string of the molecule is Cc1nnc2n1-c1ccc(C#CCCCCCCN3CCNCC3)cc1C(c1ccc(Cl)cc1)=NC21CC1.O=C(O)C(F)(F)F. The molecular formula is C33H36ClF3N6O2. The summed E-state index contributed by atoms with van der Waals surface area (Å²) in [6.07, 6.45) is 2.79. The van der Waals surface area contributed by atoms with Crippen molar-refractivity contribution in [2.24, 2.45) is 4.99 Å². The maximum atomic E-state index is 10.6. The van der Waals surface area contributed by atoms with E-state index in [1.54, 1.807) is 0 Å². The number of aliphatic imine (C=N–C) groups is 1. The predicted octanol–water partition coefficient (Wildman–Crippen LogP) is 5.91. The molecule has 1 aliphatic carbocycles. The Labute approximate surface area is 265 Å². The topological polar surface area (TPSA) is 95.6 Å². The zero-order chi connectivity index (χ0) is 32.0. The van der Waals surface area contributed by atoms with Crippen molar-refractivity contribution >= 4 is 23.3 Å². The van der Waals surface area contributed by atoms with Gasteiger partial charge in [0.05, 0.1) is 11.4 Å². The summed E-state index contributed by atoms with van der Waals surface area (Å²) in [6.45, 7) is 7.89. The number of rotatable bonds is 7. The Morgan fingerprint density at radius 1 is 1.04 bits per heavy atom. The van der Waals surface area contributed by atoms with Gasteiger partial charge in [-0.3, -0.25) is 9.56 Å². The lowest BCUT2D eigenvalue weighted by molar-refractivity contribution is -0.192. The minimum Gasteiger partial charge on any atom is -0.475 e. The maximum absolute atomic E-state index is 10.6. The summed E-state index contributed by atoms with van der Waals surface area (Å²) in [7, 11) is 0. The number of carboxylic acids is 1. The van der Waals surface area contributed by atoms with Crippen molar-refractivity contribution in [3.05, 3.63) is 75.8 Å². The largest absolute Gasteiger partial charge is 0.490 e. The van der Waals surface area contributed by atoms with Gasteiger partial charge in [0.2, 0.25) is 0 Å². The number of piperazine rings is 1. The second kappa shape index (κ2) is 14.1. The fraction of sp³-hybridized carbons (Fsp3) is 0.455. The quantitative estimate of drug-likeness (QED) is 0.246. The number of benzene rings is 2. The molecule has 3 heterocycles. The van der Waals surface area contributed by atoms with Crippen molar-refractivity contribution in [1.82, 2.24) is 25.0 Å². The molecule has 8 nitrogen and oxygen atoms in total. The Balaban J connectivity index is 0.000000515. The average molecular weight is 641 g/mol. The summed E-state index contributed by atoms with van der Waals surface area (Å²) < 4.78 is 33.9. The van der Waals surface area contributed by atoms with E-state index in [-0.39, 0.29) is 5.54 Å². The molecular weight excluding hydrogens is 605 g/mol. The van der Waals surface area contributed by atoms with Crippen molar-refractivity contribution < 1.29 is 23.1 Å². The standard InChI is InChI=1S/C31H35ClN6.C2HF3O2/c1-23-35-36-30-31(15-16-31)34-29(25-10-12-26(32)13-11-25)27-22-24(9-14-28(27)38(23)30)8-6-4-2-3-5-7-19-37-20-17-33-18-21-37;3-2(4,5)1(6)7/h9-14,22,33H,2-5,7,15-21H2,1H3;(H,6,7). The first-order valence-corrected chi connectivity index (χ1v) is 15.6. The highest BCUT2D eigenvalue weighted by Gasteiger charge is 2.51. The zero-order valence-electron chi connectivity index (χ0n) is 25.1. The number of fused-ring (bicyclic) bond motifs is 4. The van der Waals surface area contributed by atoms with Gasteiger partial charge in [0.25, 0.3) is 0 Å². The van der Waals surface area contributed by atoms with E-state index in [0.717, 1.165) is 83.5 Å². The molecule has 3 aliphatic rings. The molecule has 0 atom stereocenters. The summed E-state index contributed by atoms with van der Waals surface area (Å²) in [5.74, 6) is 5.92. The molecule has 1 saturated heterocycles. The lowest BCUT2D eigenvalue weighted by Gasteiger charge is -2.26. The minimum atomic E-state index is -5.08. The minimum absolute atomic E-state index is 0.300. The molecule has 0 radical (unpaired) electrons. The molecule has 0 unspecified atom stereocenters. The average Bonchev–Trinajstić information content (AvgIpc) is 3.72. The van der Waals surface area contributed by atoms with Crippen LogP contribution in [0.4, 0.5) is 13.2 Å². The monoisotopic (exact) mass is 640 g/mol. The number of aliphatic carboxylic acids is 1. The Kier molecular flexibility index (Phi) is 10.3. The molecule has 1 saturated carbocycles. The third-order valence-electron chi connectivity index (χ3n) is 8.11. The first-order valence-electron chi connectivity index (χ1n) is 15.2. The third-order valence-corrected chi connectivity index (χ3v) is 8.36. The number of unbranched alkanes of at least 4 members (excludes halogenated alkanes) is 4. The van der Waals surface area contributed by atoms with Crippen LogP contribution in [0.5, 0.6) is 0 Å². The number of alkyl halides is 3. The Bertz CT molecular complexity index is 1600. The van der Waals surface area contributed by atoms with Gasteiger partial charge in [-0.05, 0) is 69.5 Å². The first kappa shape index (κ1) is 32.7. The van der Waals surface area contributed by atoms with E-state index in [2.05, 4.69) is 67.2 Å².